The van der Waals surface area contributed by atoms with E-state index in [9.17, 15) is 9.59 Å². The average molecular weight is 488 g/mol. The highest BCUT2D eigenvalue weighted by molar-refractivity contribution is 9.10. The fourth-order valence-corrected chi connectivity index (χ4v) is 3.19. The van der Waals surface area contributed by atoms with E-state index in [4.69, 9.17) is 23.2 Å². The van der Waals surface area contributed by atoms with E-state index in [2.05, 4.69) is 35.0 Å². The highest BCUT2D eigenvalue weighted by atomic mass is 79.9. The van der Waals surface area contributed by atoms with Crippen LogP contribution in [0.2, 0.25) is 10.0 Å². The molecule has 1 unspecified atom stereocenters. The van der Waals surface area contributed by atoms with Gasteiger partial charge >= 0.3 is 0 Å². The van der Waals surface area contributed by atoms with Crippen LogP contribution in [0.15, 0.2) is 46.9 Å². The lowest BCUT2D eigenvalue weighted by Gasteiger charge is -2.28. The van der Waals surface area contributed by atoms with E-state index in [0.29, 0.717) is 28.7 Å². The molecular formula is C21H25BrCl2N2O2. The van der Waals surface area contributed by atoms with Crippen LogP contribution in [-0.4, -0.2) is 36.9 Å². The molecule has 1 atom stereocenters. The molecule has 0 aliphatic carbocycles. The summed E-state index contributed by atoms with van der Waals surface area (Å²) in [5.74, 6) is -0.191. The van der Waals surface area contributed by atoms with E-state index in [1.807, 2.05) is 19.1 Å². The Balaban J connectivity index is 0.000000406. The summed E-state index contributed by atoms with van der Waals surface area (Å²) in [7, 11) is 1.63. The fraction of sp³-hybridized carbons (Fsp3) is 0.333. The predicted molar refractivity (Wildman–Crippen MR) is 121 cm³/mol. The number of rotatable bonds is 6. The first-order chi connectivity index (χ1) is 13.2. The van der Waals surface area contributed by atoms with E-state index in [0.717, 1.165) is 10.9 Å². The molecule has 2 amide bonds. The molecule has 4 nitrogen and oxygen atoms in total. The summed E-state index contributed by atoms with van der Waals surface area (Å²) in [5.41, 5.74) is 1.90. The number of carbonyl (C=O) groups excluding carboxylic acids is 2. The smallest absolute Gasteiger partial charge is 0.249 e. The molecule has 0 saturated carbocycles. The maximum absolute atomic E-state index is 12.4. The van der Waals surface area contributed by atoms with Crippen molar-refractivity contribution in [1.82, 2.24) is 4.90 Å². The number of hydrogen-bond acceptors (Lipinski definition) is 2. The Morgan fingerprint density at radius 1 is 1.14 bits per heavy atom. The van der Waals surface area contributed by atoms with Crippen LogP contribution < -0.4 is 4.90 Å². The van der Waals surface area contributed by atoms with Crippen molar-refractivity contribution in [2.45, 2.75) is 33.2 Å². The molecule has 0 radical (unpaired) electrons. The van der Waals surface area contributed by atoms with Gasteiger partial charge in [0.15, 0.2) is 0 Å². The van der Waals surface area contributed by atoms with Crippen LogP contribution in [0.5, 0.6) is 0 Å². The number of halogens is 3. The molecule has 0 aliphatic heterocycles. The van der Waals surface area contributed by atoms with E-state index >= 15 is 0 Å². The quantitative estimate of drug-likeness (QED) is 0.471. The van der Waals surface area contributed by atoms with Gasteiger partial charge in [0.1, 0.15) is 6.04 Å². The molecule has 0 aromatic heterocycles. The van der Waals surface area contributed by atoms with E-state index < -0.39 is 6.04 Å². The summed E-state index contributed by atoms with van der Waals surface area (Å²) in [4.78, 5) is 26.3. The number of benzene rings is 2. The SMILES string of the molecule is CCCN(C=O)C(C)C(=O)N(C)c1cc(Cl)cc(Cl)c1.Cc1ccc(Br)cc1. The fourth-order valence-electron chi connectivity index (χ4n) is 2.41. The Kier molecular flexibility index (Phi) is 10.6. The second-order valence-electron chi connectivity index (χ2n) is 6.34. The lowest BCUT2D eigenvalue weighted by molar-refractivity contribution is -0.130. The van der Waals surface area contributed by atoms with Gasteiger partial charge in [0.05, 0.1) is 0 Å². The minimum Gasteiger partial charge on any atom is -0.334 e. The molecule has 0 fully saturated rings. The van der Waals surface area contributed by atoms with Crippen molar-refractivity contribution < 1.29 is 9.59 Å². The molecule has 2 rings (SSSR count). The third-order valence-electron chi connectivity index (χ3n) is 4.05. The minimum atomic E-state index is -0.532. The molecule has 0 spiro atoms. The first kappa shape index (κ1) is 24.5. The monoisotopic (exact) mass is 486 g/mol. The van der Waals surface area contributed by atoms with Crippen molar-refractivity contribution in [2.75, 3.05) is 18.5 Å². The van der Waals surface area contributed by atoms with Crippen LogP contribution >= 0.6 is 39.1 Å². The number of hydrogen-bond donors (Lipinski definition) is 0. The average Bonchev–Trinajstić information content (AvgIpc) is 2.66. The number of aryl methyl sites for hydroxylation is 1. The lowest BCUT2D eigenvalue weighted by atomic mass is 10.2. The molecule has 2 aromatic rings. The van der Waals surface area contributed by atoms with E-state index in [1.54, 1.807) is 32.2 Å². The van der Waals surface area contributed by atoms with Crippen molar-refractivity contribution in [1.29, 1.82) is 0 Å². The Labute approximate surface area is 185 Å². The van der Waals surface area contributed by atoms with Crippen LogP contribution in [0.4, 0.5) is 5.69 Å². The van der Waals surface area contributed by atoms with Crippen molar-refractivity contribution >= 4 is 57.1 Å². The molecule has 0 aliphatic rings. The van der Waals surface area contributed by atoms with Crippen LogP contribution in [0.3, 0.4) is 0 Å². The first-order valence-electron chi connectivity index (χ1n) is 8.86. The summed E-state index contributed by atoms with van der Waals surface area (Å²) >= 11 is 15.2. The highest BCUT2D eigenvalue weighted by Crippen LogP contribution is 2.25. The number of carbonyl (C=O) groups is 2. The van der Waals surface area contributed by atoms with E-state index in [1.165, 1.54) is 15.4 Å². The number of nitrogens with zero attached hydrogens (tertiary/aromatic N) is 2. The zero-order chi connectivity index (χ0) is 21.3. The van der Waals surface area contributed by atoms with Crippen LogP contribution in [0, 0.1) is 6.92 Å². The number of likely N-dealkylation sites (N-methyl/N-ethyl adjacent to an activating group) is 1. The van der Waals surface area contributed by atoms with Gasteiger partial charge in [-0.15, -0.1) is 0 Å². The van der Waals surface area contributed by atoms with Crippen LogP contribution in [0.25, 0.3) is 0 Å². The molecule has 0 N–H and O–H groups in total. The van der Waals surface area contributed by atoms with Gasteiger partial charge < -0.3 is 9.80 Å². The zero-order valence-electron chi connectivity index (χ0n) is 16.5. The summed E-state index contributed by atoms with van der Waals surface area (Å²) in [6.07, 6.45) is 1.49. The van der Waals surface area contributed by atoms with E-state index in [-0.39, 0.29) is 5.91 Å². The predicted octanol–water partition coefficient (Wildman–Crippen LogP) is 5.97. The Hall–Kier alpha value is -1.56. The molecule has 0 bridgehead atoms. The van der Waals surface area contributed by atoms with Crippen molar-refractivity contribution in [2.24, 2.45) is 0 Å². The summed E-state index contributed by atoms with van der Waals surface area (Å²) in [6, 6.07) is 12.6. The second-order valence-corrected chi connectivity index (χ2v) is 8.13. The van der Waals surface area contributed by atoms with Gasteiger partial charge in [-0.25, -0.2) is 0 Å². The molecule has 7 heteroatoms. The standard InChI is InChI=1S/C14H18Cl2N2O2.C7H7Br/c1-4-5-18(9-19)10(2)14(20)17(3)13-7-11(15)6-12(16)8-13;1-6-2-4-7(8)5-3-6/h6-10H,4-5H2,1-3H3;2-5H,1H3. The summed E-state index contributed by atoms with van der Waals surface area (Å²) in [5, 5.41) is 0.918. The third-order valence-corrected chi connectivity index (χ3v) is 5.01. The maximum Gasteiger partial charge on any atom is 0.249 e. The third kappa shape index (κ3) is 7.82. The molecular weight excluding hydrogens is 463 g/mol. The Morgan fingerprint density at radius 3 is 2.11 bits per heavy atom. The van der Waals surface area contributed by atoms with Gasteiger partial charge in [-0.1, -0.05) is 63.8 Å². The number of anilines is 1. The van der Waals surface area contributed by atoms with Gasteiger partial charge in [-0.3, -0.25) is 9.59 Å². The minimum absolute atomic E-state index is 0.191. The van der Waals surface area contributed by atoms with Gasteiger partial charge in [-0.2, -0.15) is 0 Å². The first-order valence-corrected chi connectivity index (χ1v) is 10.4. The van der Waals surface area contributed by atoms with Gasteiger partial charge in [0, 0.05) is 33.8 Å². The topological polar surface area (TPSA) is 40.6 Å². The van der Waals surface area contributed by atoms with Gasteiger partial charge in [-0.05, 0) is 50.6 Å². The second kappa shape index (κ2) is 12.1. The summed E-state index contributed by atoms with van der Waals surface area (Å²) in [6.45, 7) is 6.27. The van der Waals surface area contributed by atoms with Gasteiger partial charge in [0.25, 0.3) is 0 Å². The highest BCUT2D eigenvalue weighted by Gasteiger charge is 2.23. The van der Waals surface area contributed by atoms with Crippen molar-refractivity contribution in [3.8, 4) is 0 Å². The normalized spacial score (nSPS) is 11.1. The number of amides is 2. The largest absolute Gasteiger partial charge is 0.334 e. The lowest BCUT2D eigenvalue weighted by Crippen LogP contribution is -2.45. The Morgan fingerprint density at radius 2 is 1.68 bits per heavy atom. The molecule has 28 heavy (non-hydrogen) atoms. The van der Waals surface area contributed by atoms with Crippen LogP contribution in [0.1, 0.15) is 25.8 Å². The zero-order valence-corrected chi connectivity index (χ0v) is 19.6. The van der Waals surface area contributed by atoms with Crippen LogP contribution in [-0.2, 0) is 9.59 Å². The molecule has 152 valence electrons. The molecule has 0 saturated heterocycles. The van der Waals surface area contributed by atoms with Crippen molar-refractivity contribution in [3.63, 3.8) is 0 Å². The Bertz CT molecular complexity index is 743. The van der Waals surface area contributed by atoms with Crippen molar-refractivity contribution in [3.05, 3.63) is 62.5 Å². The maximum atomic E-state index is 12.4. The van der Waals surface area contributed by atoms with Gasteiger partial charge in [0.2, 0.25) is 12.3 Å². The molecule has 0 heterocycles. The summed E-state index contributed by atoms with van der Waals surface area (Å²) < 4.78 is 1.14. The molecule has 2 aromatic carbocycles.